The molecule has 5 heterocycles. The lowest BCUT2D eigenvalue weighted by molar-refractivity contribution is -0.136. The van der Waals surface area contributed by atoms with Crippen molar-refractivity contribution in [3.8, 4) is 28.3 Å². The number of amides is 2. The number of likely N-dealkylation sites (tertiary alicyclic amines) is 1. The van der Waals surface area contributed by atoms with Crippen LogP contribution in [0.2, 0.25) is 5.02 Å². The Bertz CT molecular complexity index is 2100. The van der Waals surface area contributed by atoms with Crippen molar-refractivity contribution in [3.05, 3.63) is 81.4 Å². The highest BCUT2D eigenvalue weighted by Crippen LogP contribution is 2.54. The van der Waals surface area contributed by atoms with Crippen LogP contribution in [0.1, 0.15) is 87.1 Å². The molecule has 9 nitrogen and oxygen atoms in total. The summed E-state index contributed by atoms with van der Waals surface area (Å²) in [6, 6.07) is 18.3. The van der Waals surface area contributed by atoms with Gasteiger partial charge in [0.05, 0.1) is 41.1 Å². The maximum atomic E-state index is 13.9. The summed E-state index contributed by atoms with van der Waals surface area (Å²) in [5.74, 6) is 2.51. The van der Waals surface area contributed by atoms with Crippen molar-refractivity contribution < 1.29 is 19.1 Å². The quantitative estimate of drug-likeness (QED) is 0.175. The van der Waals surface area contributed by atoms with Crippen molar-refractivity contribution in [1.29, 1.82) is 0 Å². The summed E-state index contributed by atoms with van der Waals surface area (Å²) in [6.07, 6.45) is 5.30. The van der Waals surface area contributed by atoms with Gasteiger partial charge in [-0.25, -0.2) is 9.78 Å². The van der Waals surface area contributed by atoms with E-state index < -0.39 is 12.1 Å². The highest BCUT2D eigenvalue weighted by Gasteiger charge is 2.56. The lowest BCUT2D eigenvalue weighted by Gasteiger charge is -2.32. The molecule has 9 rings (SSSR count). The molecule has 260 valence electrons. The molecule has 0 radical (unpaired) electrons. The number of aromatic amines is 1. The van der Waals surface area contributed by atoms with E-state index in [2.05, 4.69) is 57.3 Å². The Morgan fingerprint density at radius 2 is 1.86 bits per heavy atom. The molecule has 0 bridgehead atoms. The first-order chi connectivity index (χ1) is 24.3. The Balaban J connectivity index is 0.00000177. The van der Waals surface area contributed by atoms with E-state index in [0.717, 1.165) is 57.8 Å². The first-order valence-corrected chi connectivity index (χ1v) is 18.9. The Morgan fingerprint density at radius 3 is 2.62 bits per heavy atom. The number of hydrogen-bond acceptors (Lipinski definition) is 6. The predicted molar refractivity (Wildman–Crippen MR) is 197 cm³/mol. The number of hydrogen-bond donors (Lipinski definition) is 2. The summed E-state index contributed by atoms with van der Waals surface area (Å²) in [5.41, 5.74) is 5.02. The van der Waals surface area contributed by atoms with Crippen molar-refractivity contribution in [2.75, 3.05) is 7.11 Å². The number of nitrogens with one attached hydrogen (secondary N) is 2. The number of thiophene rings is 1. The van der Waals surface area contributed by atoms with Crippen molar-refractivity contribution in [2.45, 2.75) is 83.6 Å². The number of ether oxygens (including phenoxy) is 2. The Kier molecular flexibility index (Phi) is 8.42. The normalized spacial score (nSPS) is 22.2. The molecule has 2 aromatic carbocycles. The summed E-state index contributed by atoms with van der Waals surface area (Å²) < 4.78 is 14.0. The lowest BCUT2D eigenvalue weighted by atomic mass is 10.0. The third-order valence-corrected chi connectivity index (χ3v) is 11.9. The molecule has 50 heavy (non-hydrogen) atoms. The molecular formula is C39H42ClN5O4S. The van der Waals surface area contributed by atoms with Crippen LogP contribution in [0, 0.1) is 11.8 Å². The van der Waals surface area contributed by atoms with Crippen molar-refractivity contribution in [1.82, 2.24) is 24.8 Å². The van der Waals surface area contributed by atoms with Crippen LogP contribution in [-0.4, -0.2) is 50.6 Å². The zero-order valence-corrected chi connectivity index (χ0v) is 30.5. The third-order valence-electron chi connectivity index (χ3n) is 10.4. The Morgan fingerprint density at radius 1 is 1.06 bits per heavy atom. The fourth-order valence-corrected chi connectivity index (χ4v) is 9.02. The topological polar surface area (TPSA) is 101 Å². The maximum Gasteiger partial charge on any atom is 0.407 e. The Hall–Kier alpha value is -4.28. The van der Waals surface area contributed by atoms with Gasteiger partial charge in [-0.15, -0.1) is 11.3 Å². The minimum atomic E-state index is -0.671. The number of piperidine rings is 1. The van der Waals surface area contributed by atoms with E-state index in [0.29, 0.717) is 16.9 Å². The number of carbonyl (C=O) groups is 2. The molecule has 3 fully saturated rings. The monoisotopic (exact) mass is 711 g/mol. The van der Waals surface area contributed by atoms with Gasteiger partial charge in [-0.3, -0.25) is 9.36 Å². The van der Waals surface area contributed by atoms with E-state index in [4.69, 9.17) is 26.1 Å². The van der Waals surface area contributed by atoms with Crippen LogP contribution >= 0.6 is 22.9 Å². The van der Waals surface area contributed by atoms with Gasteiger partial charge in [0.25, 0.3) is 0 Å². The van der Waals surface area contributed by atoms with Crippen LogP contribution in [0.3, 0.4) is 0 Å². The van der Waals surface area contributed by atoms with Gasteiger partial charge in [0.15, 0.2) is 0 Å². The fourth-order valence-electron chi connectivity index (χ4n) is 7.64. The molecule has 1 saturated heterocycles. The summed E-state index contributed by atoms with van der Waals surface area (Å²) in [4.78, 5) is 38.8. The lowest BCUT2D eigenvalue weighted by Crippen LogP contribution is -2.52. The Labute approximate surface area is 300 Å². The van der Waals surface area contributed by atoms with Crippen LogP contribution in [0.25, 0.3) is 33.4 Å². The maximum absolute atomic E-state index is 13.9. The second-order valence-corrected chi connectivity index (χ2v) is 15.5. The van der Waals surface area contributed by atoms with E-state index in [-0.39, 0.29) is 30.1 Å². The minimum Gasteiger partial charge on any atom is -0.464 e. The van der Waals surface area contributed by atoms with Gasteiger partial charge in [-0.1, -0.05) is 45.4 Å². The smallest absolute Gasteiger partial charge is 0.407 e. The van der Waals surface area contributed by atoms with Crippen LogP contribution < -0.4 is 10.1 Å². The number of aromatic nitrogens is 3. The largest absolute Gasteiger partial charge is 0.464 e. The number of nitrogens with zero attached hydrogens (tertiary/aromatic N) is 3. The number of halogens is 1. The predicted octanol–water partition coefficient (Wildman–Crippen LogP) is 9.30. The number of imidazole rings is 1. The van der Waals surface area contributed by atoms with Gasteiger partial charge in [0.2, 0.25) is 12.1 Å². The van der Waals surface area contributed by atoms with Gasteiger partial charge in [-0.05, 0) is 92.0 Å². The van der Waals surface area contributed by atoms with Crippen molar-refractivity contribution >= 4 is 45.8 Å². The van der Waals surface area contributed by atoms with Crippen molar-refractivity contribution in [2.24, 2.45) is 11.8 Å². The molecule has 4 aliphatic rings. The average Bonchev–Trinajstić information content (AvgIpc) is 3.85. The number of methoxy groups -OCH3 is 1. The minimum absolute atomic E-state index is 0.0910. The fraction of sp³-hybridized carbons (Fsp3) is 0.410. The molecule has 3 aromatic heterocycles. The van der Waals surface area contributed by atoms with Gasteiger partial charge < -0.3 is 24.7 Å². The third kappa shape index (κ3) is 5.66. The molecule has 3 unspecified atom stereocenters. The molecule has 0 spiro atoms. The zero-order chi connectivity index (χ0) is 34.8. The van der Waals surface area contributed by atoms with Gasteiger partial charge in [0, 0.05) is 32.5 Å². The molecular weight excluding hydrogens is 670 g/mol. The molecule has 11 heteroatoms. The average molecular weight is 712 g/mol. The molecule has 2 amide bonds. The van der Waals surface area contributed by atoms with E-state index in [1.54, 1.807) is 0 Å². The number of H-pyrrole nitrogens is 1. The van der Waals surface area contributed by atoms with Crippen LogP contribution in [0.4, 0.5) is 4.79 Å². The SMILES string of the molecule is CC.COC(=O)N[C@H](C(=O)N1C2CC2C[C@H]1c1ncc(-c2ccc3c(c2)OC(c2ccc(C4CC4)s2)n2c-3cc3cc(Cl)ccc32)[nH]1)C(C)C. The van der Waals surface area contributed by atoms with Crippen LogP contribution in [-0.2, 0) is 9.53 Å². The highest BCUT2D eigenvalue weighted by molar-refractivity contribution is 7.12. The summed E-state index contributed by atoms with van der Waals surface area (Å²) in [6.45, 7) is 7.86. The summed E-state index contributed by atoms with van der Waals surface area (Å²) in [5, 5.41) is 4.54. The molecule has 2 saturated carbocycles. The van der Waals surface area contributed by atoms with E-state index >= 15 is 0 Å². The van der Waals surface area contributed by atoms with Crippen LogP contribution in [0.15, 0.2) is 60.8 Å². The van der Waals surface area contributed by atoms with Crippen LogP contribution in [0.5, 0.6) is 5.75 Å². The number of carbonyl (C=O) groups excluding carboxylic acids is 2. The standard InChI is InChI=1S/C37H36ClN5O4S.C2H6/c1-18(2)33(41-37(45)46-3)35(44)42-27-13-22(27)15-29(42)34-39-17-25(40-34)20-6-8-24-28-14-21-12-23(38)7-9-26(21)43(28)36(47-30(24)16-20)32-11-10-31(48-32)19-4-5-19;1-2/h6-12,14,16-19,22,27,29,33,36H,4-5,13,15H2,1-3H3,(H,39,40)(H,41,45);1-2H3/t22?,27?,29-,33-,36?;/m0./s1. The van der Waals surface area contributed by atoms with E-state index in [1.807, 2.05) is 62.3 Å². The summed E-state index contributed by atoms with van der Waals surface area (Å²) >= 11 is 8.26. The molecule has 5 aromatic rings. The molecule has 5 atom stereocenters. The second kappa shape index (κ2) is 12.8. The zero-order valence-electron chi connectivity index (χ0n) is 28.9. The number of alkyl carbamates (subject to hydrolysis) is 1. The van der Waals surface area contributed by atoms with Crippen molar-refractivity contribution in [3.63, 3.8) is 0 Å². The number of fused-ring (bicyclic) bond motifs is 6. The molecule has 2 aliphatic heterocycles. The number of rotatable bonds is 7. The first kappa shape index (κ1) is 32.9. The van der Waals surface area contributed by atoms with E-state index in [1.165, 1.54) is 29.7 Å². The number of benzene rings is 2. The summed E-state index contributed by atoms with van der Waals surface area (Å²) in [7, 11) is 1.31. The van der Waals surface area contributed by atoms with Gasteiger partial charge >= 0.3 is 6.09 Å². The molecule has 2 N–H and O–H groups in total. The van der Waals surface area contributed by atoms with Gasteiger partial charge in [0.1, 0.15) is 17.6 Å². The highest BCUT2D eigenvalue weighted by atomic mass is 35.5. The second-order valence-electron chi connectivity index (χ2n) is 13.9. The molecule has 2 aliphatic carbocycles. The van der Waals surface area contributed by atoms with Gasteiger partial charge in [-0.2, -0.15) is 0 Å². The first-order valence-electron chi connectivity index (χ1n) is 17.7. The van der Waals surface area contributed by atoms with E-state index in [9.17, 15) is 9.59 Å².